The average Bonchev–Trinajstić information content (AvgIpc) is 3.10. The van der Waals surface area contributed by atoms with Gasteiger partial charge in [0.15, 0.2) is 5.78 Å². The third kappa shape index (κ3) is 2.96. The van der Waals surface area contributed by atoms with Gasteiger partial charge >= 0.3 is 0 Å². The number of carbonyl (C=O) groups excluding carboxylic acids is 1. The van der Waals surface area contributed by atoms with Gasteiger partial charge in [-0.1, -0.05) is 49.4 Å². The number of aliphatic imine (C=N–C) groups is 2. The molecular weight excluding hydrogens is 322 g/mol. The van der Waals surface area contributed by atoms with E-state index >= 15 is 0 Å². The molecule has 4 heteroatoms. The molecular formula is C22H25N3O. The molecule has 0 fully saturated rings. The first-order valence-corrected chi connectivity index (χ1v) is 9.29. The van der Waals surface area contributed by atoms with Crippen LogP contribution in [0.5, 0.6) is 0 Å². The lowest BCUT2D eigenvalue weighted by atomic mass is 9.83. The fourth-order valence-electron chi connectivity index (χ4n) is 3.36. The maximum absolute atomic E-state index is 13.3. The van der Waals surface area contributed by atoms with Gasteiger partial charge in [-0.15, -0.1) is 0 Å². The molecule has 3 rings (SSSR count). The molecule has 0 saturated carbocycles. The van der Waals surface area contributed by atoms with Gasteiger partial charge in [0.25, 0.3) is 0 Å². The summed E-state index contributed by atoms with van der Waals surface area (Å²) in [5.41, 5.74) is 4.80. The molecule has 1 aromatic rings. The molecule has 134 valence electrons. The number of hydrogen-bond acceptors (Lipinski definition) is 4. The predicted molar refractivity (Wildman–Crippen MR) is 108 cm³/mol. The number of nitrogens with zero attached hydrogens (tertiary/aromatic N) is 3. The standard InChI is InChI=1S/C22H25N3O/c1-5-9-12-15(6-2)18-20-19(23-22(24-20)25(7-3)8-4)16-13-10-11-14-17(16)21(18)26/h5,9-14H,6-8H2,1-4H3/b9-5-,15-12+. The first kappa shape index (κ1) is 18.1. The highest BCUT2D eigenvalue weighted by Crippen LogP contribution is 2.35. The van der Waals surface area contributed by atoms with Crippen molar-refractivity contribution in [2.24, 2.45) is 9.98 Å². The van der Waals surface area contributed by atoms with Crippen LogP contribution in [0.15, 0.2) is 69.3 Å². The molecule has 0 spiro atoms. The van der Waals surface area contributed by atoms with Crippen molar-refractivity contribution in [3.8, 4) is 0 Å². The zero-order valence-corrected chi connectivity index (χ0v) is 15.9. The van der Waals surface area contributed by atoms with Gasteiger partial charge in [-0.05, 0) is 32.8 Å². The molecule has 1 aromatic carbocycles. The minimum absolute atomic E-state index is 0.0386. The molecule has 0 unspecified atom stereocenters. The Bertz CT molecular complexity index is 880. The molecule has 4 nitrogen and oxygen atoms in total. The van der Waals surface area contributed by atoms with Crippen molar-refractivity contribution >= 4 is 17.5 Å². The van der Waals surface area contributed by atoms with E-state index in [-0.39, 0.29) is 5.78 Å². The first-order valence-electron chi connectivity index (χ1n) is 9.29. The summed E-state index contributed by atoms with van der Waals surface area (Å²) in [4.78, 5) is 25.0. The Morgan fingerprint density at radius 2 is 1.77 bits per heavy atom. The number of benzene rings is 1. The lowest BCUT2D eigenvalue weighted by Crippen LogP contribution is -2.28. The van der Waals surface area contributed by atoms with Gasteiger partial charge in [0.2, 0.25) is 5.96 Å². The maximum Gasteiger partial charge on any atom is 0.226 e. The molecule has 0 N–H and O–H groups in total. The zero-order chi connectivity index (χ0) is 18.7. The van der Waals surface area contributed by atoms with Gasteiger partial charge in [0.1, 0.15) is 11.4 Å². The summed E-state index contributed by atoms with van der Waals surface area (Å²) < 4.78 is 0. The number of ketones is 1. The second-order valence-corrected chi connectivity index (χ2v) is 6.21. The summed E-state index contributed by atoms with van der Waals surface area (Å²) in [6.07, 6.45) is 6.72. The molecule has 0 atom stereocenters. The highest BCUT2D eigenvalue weighted by atomic mass is 16.1. The van der Waals surface area contributed by atoms with Gasteiger partial charge in [-0.2, -0.15) is 0 Å². The van der Waals surface area contributed by atoms with Crippen molar-refractivity contribution in [3.63, 3.8) is 0 Å². The Morgan fingerprint density at radius 3 is 2.38 bits per heavy atom. The molecule has 0 radical (unpaired) electrons. The lowest BCUT2D eigenvalue weighted by Gasteiger charge is -2.20. The molecule has 0 aromatic heterocycles. The van der Waals surface area contributed by atoms with Crippen LogP contribution in [0.25, 0.3) is 0 Å². The van der Waals surface area contributed by atoms with Crippen molar-refractivity contribution in [3.05, 3.63) is 70.5 Å². The van der Waals surface area contributed by atoms with E-state index in [0.717, 1.165) is 36.4 Å². The lowest BCUT2D eigenvalue weighted by molar-refractivity contribution is 0.103. The van der Waals surface area contributed by atoms with Gasteiger partial charge in [0, 0.05) is 24.2 Å². The highest BCUT2D eigenvalue weighted by Gasteiger charge is 2.35. The molecule has 0 bridgehead atoms. The summed E-state index contributed by atoms with van der Waals surface area (Å²) in [5.74, 6) is 0.736. The molecule has 1 aliphatic carbocycles. The maximum atomic E-state index is 13.3. The number of guanidine groups is 1. The Labute approximate surface area is 155 Å². The van der Waals surface area contributed by atoms with Crippen LogP contribution in [0.1, 0.15) is 50.0 Å². The second kappa shape index (κ2) is 7.65. The van der Waals surface area contributed by atoms with E-state index in [9.17, 15) is 4.79 Å². The smallest absolute Gasteiger partial charge is 0.226 e. The summed E-state index contributed by atoms with van der Waals surface area (Å²) in [6, 6.07) is 7.70. The Balaban J connectivity index is 2.26. The van der Waals surface area contributed by atoms with Gasteiger partial charge < -0.3 is 4.90 Å². The van der Waals surface area contributed by atoms with E-state index in [2.05, 4.69) is 25.7 Å². The number of fused-ring (bicyclic) bond motifs is 3. The molecule has 0 amide bonds. The van der Waals surface area contributed by atoms with Crippen molar-refractivity contribution in [1.82, 2.24) is 4.90 Å². The number of carbonyl (C=O) groups is 1. The molecule has 1 heterocycles. The number of allylic oxidation sites excluding steroid dienone is 6. The minimum Gasteiger partial charge on any atom is -0.341 e. The largest absolute Gasteiger partial charge is 0.341 e. The van der Waals surface area contributed by atoms with Crippen LogP contribution in [-0.2, 0) is 0 Å². The molecule has 1 aliphatic heterocycles. The Kier molecular flexibility index (Phi) is 5.31. The highest BCUT2D eigenvalue weighted by molar-refractivity contribution is 6.33. The summed E-state index contributed by atoms with van der Waals surface area (Å²) in [6.45, 7) is 9.88. The first-order chi connectivity index (χ1) is 12.7. The van der Waals surface area contributed by atoms with Gasteiger partial charge in [-0.25, -0.2) is 9.98 Å². The average molecular weight is 347 g/mol. The number of Topliss-reactive ketones (excluding diaryl/α,β-unsaturated/α-hetero) is 1. The fraction of sp³-hybridized carbons (Fsp3) is 0.318. The normalized spacial score (nSPS) is 16.6. The molecule has 0 saturated heterocycles. The second-order valence-electron chi connectivity index (χ2n) is 6.21. The van der Waals surface area contributed by atoms with Crippen molar-refractivity contribution in [2.75, 3.05) is 13.1 Å². The van der Waals surface area contributed by atoms with E-state index in [1.807, 2.05) is 49.4 Å². The van der Waals surface area contributed by atoms with Crippen LogP contribution >= 0.6 is 0 Å². The van der Waals surface area contributed by atoms with E-state index in [4.69, 9.17) is 9.98 Å². The van der Waals surface area contributed by atoms with Gasteiger partial charge in [-0.3, -0.25) is 4.79 Å². The van der Waals surface area contributed by atoms with Crippen LogP contribution in [0, 0.1) is 0 Å². The van der Waals surface area contributed by atoms with Crippen LogP contribution < -0.4 is 0 Å². The van der Waals surface area contributed by atoms with Gasteiger partial charge in [0.05, 0.1) is 5.57 Å². The summed E-state index contributed by atoms with van der Waals surface area (Å²) in [5, 5.41) is 0. The molecule has 2 aliphatic rings. The molecule has 26 heavy (non-hydrogen) atoms. The SMILES string of the molecule is C/C=C\C=C(/CC)C1=C2N=C(N(CC)CC)N=C2c2ccccc2C1=O. The number of hydrogen-bond donors (Lipinski definition) is 0. The van der Waals surface area contributed by atoms with Crippen molar-refractivity contribution in [2.45, 2.75) is 34.1 Å². The van der Waals surface area contributed by atoms with E-state index in [0.29, 0.717) is 22.8 Å². The topological polar surface area (TPSA) is 45.0 Å². The predicted octanol–water partition coefficient (Wildman–Crippen LogP) is 4.55. The van der Waals surface area contributed by atoms with E-state index < -0.39 is 0 Å². The monoisotopic (exact) mass is 347 g/mol. The summed E-state index contributed by atoms with van der Waals surface area (Å²) in [7, 11) is 0. The van der Waals surface area contributed by atoms with Crippen LogP contribution in [0.4, 0.5) is 0 Å². The zero-order valence-electron chi connectivity index (χ0n) is 15.9. The quantitative estimate of drug-likeness (QED) is 0.734. The van der Waals surface area contributed by atoms with Crippen LogP contribution in [0.2, 0.25) is 0 Å². The van der Waals surface area contributed by atoms with Crippen LogP contribution in [0.3, 0.4) is 0 Å². The van der Waals surface area contributed by atoms with Crippen molar-refractivity contribution < 1.29 is 4.79 Å². The summed E-state index contributed by atoms with van der Waals surface area (Å²) >= 11 is 0. The third-order valence-corrected chi connectivity index (χ3v) is 4.78. The van der Waals surface area contributed by atoms with E-state index in [1.54, 1.807) is 0 Å². The minimum atomic E-state index is 0.0386. The van der Waals surface area contributed by atoms with E-state index in [1.165, 1.54) is 0 Å². The Hall–Kier alpha value is -2.75. The fourth-order valence-corrected chi connectivity index (χ4v) is 3.36. The van der Waals surface area contributed by atoms with Crippen LogP contribution in [-0.4, -0.2) is 35.4 Å². The Morgan fingerprint density at radius 1 is 1.08 bits per heavy atom. The van der Waals surface area contributed by atoms with Crippen molar-refractivity contribution in [1.29, 1.82) is 0 Å². The third-order valence-electron chi connectivity index (χ3n) is 4.78. The number of rotatable bonds is 5.